The maximum atomic E-state index is 12.2. The first kappa shape index (κ1) is 25.4. The van der Waals surface area contributed by atoms with Crippen LogP contribution in [0.25, 0.3) is 33.3 Å². The highest BCUT2D eigenvalue weighted by Gasteiger charge is 2.22. The van der Waals surface area contributed by atoms with Gasteiger partial charge in [0.05, 0.1) is 23.4 Å². The van der Waals surface area contributed by atoms with Gasteiger partial charge in [0, 0.05) is 35.7 Å². The van der Waals surface area contributed by atoms with Crippen molar-refractivity contribution in [3.8, 4) is 22.4 Å². The largest absolute Gasteiger partial charge is 0.462 e. The van der Waals surface area contributed by atoms with Crippen molar-refractivity contribution < 1.29 is 14.3 Å². The van der Waals surface area contributed by atoms with E-state index < -0.39 is 8.07 Å². The quantitative estimate of drug-likeness (QED) is 0.120. The van der Waals surface area contributed by atoms with E-state index >= 15 is 0 Å². The number of aromatic nitrogens is 1. The maximum absolute atomic E-state index is 12.2. The zero-order chi connectivity index (χ0) is 25.0. The van der Waals surface area contributed by atoms with Crippen molar-refractivity contribution in [2.45, 2.75) is 39.3 Å². The number of fused-ring (bicyclic) bond motifs is 1. The molecule has 182 valence electrons. The van der Waals surface area contributed by atoms with Crippen LogP contribution < -0.4 is 0 Å². The predicted octanol–water partition coefficient (Wildman–Crippen LogP) is 8.23. The van der Waals surface area contributed by atoms with Crippen molar-refractivity contribution in [1.82, 2.24) is 4.57 Å². The van der Waals surface area contributed by atoms with Gasteiger partial charge < -0.3 is 14.0 Å². The fourth-order valence-corrected chi connectivity index (χ4v) is 5.41. The minimum Gasteiger partial charge on any atom is -0.462 e. The Balaban J connectivity index is 1.86. The Kier molecular flexibility index (Phi) is 7.94. The van der Waals surface area contributed by atoms with E-state index in [9.17, 15) is 4.79 Å². The normalized spacial score (nSPS) is 11.7. The maximum Gasteiger partial charge on any atom is 0.338 e. The van der Waals surface area contributed by atoms with Crippen LogP contribution in [0.15, 0.2) is 77.3 Å². The monoisotopic (exact) mass is 549 g/mol. The van der Waals surface area contributed by atoms with Gasteiger partial charge in [0.25, 0.3) is 0 Å². The third-order valence-corrected chi connectivity index (χ3v) is 8.40. The predicted molar refractivity (Wildman–Crippen MR) is 151 cm³/mol. The Morgan fingerprint density at radius 1 is 0.943 bits per heavy atom. The molecule has 0 N–H and O–H groups in total. The molecular formula is C29H32BrNO3Si. The number of hydrogen-bond acceptors (Lipinski definition) is 3. The van der Waals surface area contributed by atoms with E-state index in [0.717, 1.165) is 50.4 Å². The number of carbonyl (C=O) groups is 1. The molecule has 0 saturated heterocycles. The Labute approximate surface area is 217 Å². The number of benzene rings is 3. The summed E-state index contributed by atoms with van der Waals surface area (Å²) in [6.45, 7) is 10.5. The molecule has 0 bridgehead atoms. The van der Waals surface area contributed by atoms with Gasteiger partial charge in [0.1, 0.15) is 6.73 Å². The van der Waals surface area contributed by atoms with Crippen LogP contribution in [-0.2, 0) is 16.2 Å². The first-order valence-corrected chi connectivity index (χ1v) is 16.5. The van der Waals surface area contributed by atoms with Crippen LogP contribution in [0.2, 0.25) is 25.7 Å². The van der Waals surface area contributed by atoms with Crippen molar-refractivity contribution in [3.63, 3.8) is 0 Å². The lowest BCUT2D eigenvalue weighted by molar-refractivity contribution is 0.0526. The second kappa shape index (κ2) is 10.9. The molecule has 0 aliphatic carbocycles. The van der Waals surface area contributed by atoms with Crippen LogP contribution >= 0.6 is 15.9 Å². The molecule has 1 aromatic heterocycles. The fourth-order valence-electron chi connectivity index (χ4n) is 4.18. The number of esters is 1. The smallest absolute Gasteiger partial charge is 0.338 e. The van der Waals surface area contributed by atoms with Gasteiger partial charge >= 0.3 is 5.97 Å². The van der Waals surface area contributed by atoms with Crippen molar-refractivity contribution in [3.05, 3.63) is 82.8 Å². The summed E-state index contributed by atoms with van der Waals surface area (Å²) in [6, 6.07) is 25.5. The van der Waals surface area contributed by atoms with E-state index in [-0.39, 0.29) is 5.97 Å². The topological polar surface area (TPSA) is 40.5 Å². The number of ether oxygens (including phenoxy) is 2. The van der Waals surface area contributed by atoms with Gasteiger partial charge in [-0.15, -0.1) is 0 Å². The van der Waals surface area contributed by atoms with Gasteiger partial charge in [-0.1, -0.05) is 84.1 Å². The summed E-state index contributed by atoms with van der Waals surface area (Å²) in [6.07, 6.45) is 0. The molecule has 35 heavy (non-hydrogen) atoms. The molecule has 0 unspecified atom stereocenters. The molecule has 3 aromatic carbocycles. The van der Waals surface area contributed by atoms with Gasteiger partial charge in [0.15, 0.2) is 0 Å². The van der Waals surface area contributed by atoms with Crippen molar-refractivity contribution in [2.24, 2.45) is 0 Å². The SMILES string of the molecule is CCOC(=O)c1ccc(-c2c(-c3ccccc3Br)n(COCC[Si](C)(C)C)c3ccccc23)cc1. The van der Waals surface area contributed by atoms with Crippen molar-refractivity contribution in [2.75, 3.05) is 13.2 Å². The molecule has 4 rings (SSSR count). The third kappa shape index (κ3) is 5.77. The van der Waals surface area contributed by atoms with E-state index in [0.29, 0.717) is 18.9 Å². The highest BCUT2D eigenvalue weighted by Crippen LogP contribution is 2.43. The van der Waals surface area contributed by atoms with Crippen LogP contribution in [0.3, 0.4) is 0 Å². The molecule has 0 saturated carbocycles. The minimum atomic E-state index is -1.18. The lowest BCUT2D eigenvalue weighted by Gasteiger charge is -2.18. The lowest BCUT2D eigenvalue weighted by atomic mass is 9.97. The van der Waals surface area contributed by atoms with Crippen molar-refractivity contribution >= 4 is 40.9 Å². The van der Waals surface area contributed by atoms with E-state index in [1.54, 1.807) is 0 Å². The zero-order valence-electron chi connectivity index (χ0n) is 20.8. The summed E-state index contributed by atoms with van der Waals surface area (Å²) < 4.78 is 14.7. The number of halogens is 1. The average Bonchev–Trinajstić information content (AvgIpc) is 3.16. The number of hydrogen-bond donors (Lipinski definition) is 0. The van der Waals surface area contributed by atoms with Crippen LogP contribution in [0.4, 0.5) is 0 Å². The minimum absolute atomic E-state index is 0.302. The Hall–Kier alpha value is -2.67. The molecule has 4 nitrogen and oxygen atoms in total. The molecule has 6 heteroatoms. The summed E-state index contributed by atoms with van der Waals surface area (Å²) in [5, 5.41) is 1.15. The number of para-hydroxylation sites is 1. The summed E-state index contributed by atoms with van der Waals surface area (Å²) in [4.78, 5) is 12.2. The average molecular weight is 551 g/mol. The standard InChI is InChI=1S/C29H32BrNO3Si/c1-5-34-29(32)22-16-14-21(15-17-22)27-24-11-7-9-13-26(24)31(20-33-18-19-35(2,3)4)28(27)23-10-6-8-12-25(23)30/h6-17H,5,18-20H2,1-4H3. The molecule has 0 spiro atoms. The van der Waals surface area contributed by atoms with Crippen LogP contribution in [0, 0.1) is 0 Å². The lowest BCUT2D eigenvalue weighted by Crippen LogP contribution is -2.22. The van der Waals surface area contributed by atoms with E-state index in [1.165, 1.54) is 0 Å². The molecular weight excluding hydrogens is 518 g/mol. The van der Waals surface area contributed by atoms with Crippen LogP contribution in [0.5, 0.6) is 0 Å². The zero-order valence-corrected chi connectivity index (χ0v) is 23.4. The third-order valence-electron chi connectivity index (χ3n) is 6.00. The van der Waals surface area contributed by atoms with E-state index in [4.69, 9.17) is 9.47 Å². The number of rotatable bonds is 9. The Morgan fingerprint density at radius 3 is 2.31 bits per heavy atom. The summed E-state index contributed by atoms with van der Waals surface area (Å²) in [5.74, 6) is -0.302. The Morgan fingerprint density at radius 2 is 1.63 bits per heavy atom. The molecule has 0 aliphatic heterocycles. The van der Waals surface area contributed by atoms with E-state index in [2.05, 4.69) is 82.6 Å². The number of nitrogens with zero attached hydrogens (tertiary/aromatic N) is 1. The summed E-state index contributed by atoms with van der Waals surface area (Å²) in [5.41, 5.74) is 6.03. The van der Waals surface area contributed by atoms with Gasteiger partial charge in [-0.2, -0.15) is 0 Å². The molecule has 4 aromatic rings. The van der Waals surface area contributed by atoms with E-state index in [1.807, 2.05) is 37.3 Å². The second-order valence-corrected chi connectivity index (χ2v) is 16.3. The molecule has 0 atom stereocenters. The van der Waals surface area contributed by atoms with Gasteiger partial charge in [-0.25, -0.2) is 4.79 Å². The van der Waals surface area contributed by atoms with Gasteiger partial charge in [0.2, 0.25) is 0 Å². The highest BCUT2D eigenvalue weighted by molar-refractivity contribution is 9.10. The van der Waals surface area contributed by atoms with Crippen LogP contribution in [0.1, 0.15) is 17.3 Å². The molecule has 0 amide bonds. The van der Waals surface area contributed by atoms with Gasteiger partial charge in [-0.3, -0.25) is 0 Å². The van der Waals surface area contributed by atoms with Gasteiger partial charge in [-0.05, 0) is 42.8 Å². The van der Waals surface area contributed by atoms with Crippen LogP contribution in [-0.4, -0.2) is 31.8 Å². The second-order valence-electron chi connectivity index (χ2n) is 9.79. The first-order chi connectivity index (χ1) is 16.8. The van der Waals surface area contributed by atoms with Crippen molar-refractivity contribution in [1.29, 1.82) is 0 Å². The molecule has 0 radical (unpaired) electrons. The summed E-state index contributed by atoms with van der Waals surface area (Å²) >= 11 is 3.78. The molecule has 0 aliphatic rings. The highest BCUT2D eigenvalue weighted by atomic mass is 79.9. The fraction of sp³-hybridized carbons (Fsp3) is 0.276. The first-order valence-electron chi connectivity index (χ1n) is 12.0. The number of carbonyl (C=O) groups excluding carboxylic acids is 1. The summed E-state index contributed by atoms with van der Waals surface area (Å²) in [7, 11) is -1.18. The molecule has 0 fully saturated rings. The Bertz CT molecular complexity index is 1320. The molecule has 1 heterocycles.